The maximum atomic E-state index is 9.30. The van der Waals surface area contributed by atoms with Crippen molar-refractivity contribution >= 4 is 5.69 Å². The first-order valence-electron chi connectivity index (χ1n) is 6.87. The van der Waals surface area contributed by atoms with Crippen LogP contribution in [-0.4, -0.2) is 11.2 Å². The summed E-state index contributed by atoms with van der Waals surface area (Å²) in [7, 11) is 0. The summed E-state index contributed by atoms with van der Waals surface area (Å²) >= 11 is 0. The number of hydrogen-bond acceptors (Lipinski definition) is 3. The molecule has 0 aliphatic heterocycles. The van der Waals surface area contributed by atoms with E-state index in [0.29, 0.717) is 0 Å². The van der Waals surface area contributed by atoms with E-state index in [0.717, 1.165) is 17.0 Å². The van der Waals surface area contributed by atoms with E-state index in [4.69, 9.17) is 4.74 Å². The van der Waals surface area contributed by atoms with E-state index in [9.17, 15) is 5.11 Å². The van der Waals surface area contributed by atoms with Gasteiger partial charge in [0.2, 0.25) is 0 Å². The molecule has 0 bridgehead atoms. The molecule has 0 spiro atoms. The first kappa shape index (κ1) is 14.3. The van der Waals surface area contributed by atoms with Gasteiger partial charge in [0, 0.05) is 11.7 Å². The number of phenols is 1. The molecule has 2 aromatic rings. The molecular weight excluding hydrogens is 250 g/mol. The van der Waals surface area contributed by atoms with E-state index in [-0.39, 0.29) is 17.9 Å². The lowest BCUT2D eigenvalue weighted by molar-refractivity contribution is 0.242. The second-order valence-electron chi connectivity index (χ2n) is 5.15. The van der Waals surface area contributed by atoms with E-state index in [1.54, 1.807) is 12.1 Å². The standard InChI is InChI=1S/C17H21NO2/c1-12(2)20-17-10-6-15(7-11-17)18-13(3)14-4-8-16(19)9-5-14/h4-13,18-19H,1-3H3. The van der Waals surface area contributed by atoms with Crippen molar-refractivity contribution in [2.45, 2.75) is 32.9 Å². The van der Waals surface area contributed by atoms with Crippen LogP contribution in [0.2, 0.25) is 0 Å². The second-order valence-corrected chi connectivity index (χ2v) is 5.15. The minimum absolute atomic E-state index is 0.174. The first-order chi connectivity index (χ1) is 9.54. The Morgan fingerprint density at radius 2 is 1.50 bits per heavy atom. The summed E-state index contributed by atoms with van der Waals surface area (Å²) in [5.41, 5.74) is 2.17. The van der Waals surface area contributed by atoms with Crippen molar-refractivity contribution in [1.82, 2.24) is 0 Å². The number of aromatic hydroxyl groups is 1. The number of phenolic OH excluding ortho intramolecular Hbond substituents is 1. The zero-order chi connectivity index (χ0) is 14.5. The first-order valence-corrected chi connectivity index (χ1v) is 6.87. The van der Waals surface area contributed by atoms with Crippen molar-refractivity contribution in [3.63, 3.8) is 0 Å². The van der Waals surface area contributed by atoms with Crippen LogP contribution in [0.15, 0.2) is 48.5 Å². The molecule has 3 nitrogen and oxygen atoms in total. The van der Waals surface area contributed by atoms with Gasteiger partial charge >= 0.3 is 0 Å². The number of anilines is 1. The SMILES string of the molecule is CC(C)Oc1ccc(NC(C)c2ccc(O)cc2)cc1. The zero-order valence-electron chi connectivity index (χ0n) is 12.1. The summed E-state index contributed by atoms with van der Waals surface area (Å²) in [4.78, 5) is 0. The van der Waals surface area contributed by atoms with Crippen molar-refractivity contribution in [3.05, 3.63) is 54.1 Å². The predicted octanol–water partition coefficient (Wildman–Crippen LogP) is 4.35. The monoisotopic (exact) mass is 271 g/mol. The lowest BCUT2D eigenvalue weighted by Gasteiger charge is -2.16. The molecule has 1 atom stereocenters. The van der Waals surface area contributed by atoms with Gasteiger partial charge in [-0.05, 0) is 62.7 Å². The Bertz CT molecular complexity index is 532. The smallest absolute Gasteiger partial charge is 0.119 e. The summed E-state index contributed by atoms with van der Waals surface area (Å²) in [6.45, 7) is 6.11. The van der Waals surface area contributed by atoms with Crippen LogP contribution in [0.5, 0.6) is 11.5 Å². The fraction of sp³-hybridized carbons (Fsp3) is 0.294. The van der Waals surface area contributed by atoms with Gasteiger partial charge in [-0.2, -0.15) is 0 Å². The number of hydrogen-bond donors (Lipinski definition) is 2. The Balaban J connectivity index is 2.00. The summed E-state index contributed by atoms with van der Waals surface area (Å²) in [6, 6.07) is 15.4. The molecule has 2 aromatic carbocycles. The van der Waals surface area contributed by atoms with Gasteiger partial charge in [0.05, 0.1) is 6.10 Å². The van der Waals surface area contributed by atoms with Crippen LogP contribution in [0.1, 0.15) is 32.4 Å². The van der Waals surface area contributed by atoms with Gasteiger partial charge in [-0.25, -0.2) is 0 Å². The lowest BCUT2D eigenvalue weighted by Crippen LogP contribution is -2.07. The van der Waals surface area contributed by atoms with Crippen molar-refractivity contribution in [3.8, 4) is 11.5 Å². The largest absolute Gasteiger partial charge is 0.508 e. The fourth-order valence-electron chi connectivity index (χ4n) is 2.00. The molecule has 3 heteroatoms. The van der Waals surface area contributed by atoms with Crippen molar-refractivity contribution in [1.29, 1.82) is 0 Å². The maximum absolute atomic E-state index is 9.30. The van der Waals surface area contributed by atoms with Crippen LogP contribution in [0.25, 0.3) is 0 Å². The van der Waals surface area contributed by atoms with Crippen molar-refractivity contribution < 1.29 is 9.84 Å². The highest BCUT2D eigenvalue weighted by Crippen LogP contribution is 2.23. The van der Waals surface area contributed by atoms with Crippen molar-refractivity contribution in [2.24, 2.45) is 0 Å². The van der Waals surface area contributed by atoms with Crippen molar-refractivity contribution in [2.75, 3.05) is 5.32 Å². The topological polar surface area (TPSA) is 41.5 Å². The average molecular weight is 271 g/mol. The molecule has 106 valence electrons. The summed E-state index contributed by atoms with van der Waals surface area (Å²) in [5.74, 6) is 1.17. The molecule has 0 amide bonds. The molecule has 2 N–H and O–H groups in total. The molecule has 0 fully saturated rings. The highest BCUT2D eigenvalue weighted by atomic mass is 16.5. The Kier molecular flexibility index (Phi) is 4.51. The second kappa shape index (κ2) is 6.33. The molecule has 0 saturated heterocycles. The molecule has 0 radical (unpaired) electrons. The average Bonchev–Trinajstić information content (AvgIpc) is 2.41. The van der Waals surface area contributed by atoms with E-state index >= 15 is 0 Å². The van der Waals surface area contributed by atoms with Gasteiger partial charge < -0.3 is 15.2 Å². The molecule has 2 rings (SSSR count). The Morgan fingerprint density at radius 1 is 0.900 bits per heavy atom. The summed E-state index contributed by atoms with van der Waals surface area (Å²) in [5, 5.41) is 12.7. The third-order valence-corrected chi connectivity index (χ3v) is 3.00. The summed E-state index contributed by atoms with van der Waals surface area (Å²) < 4.78 is 5.62. The third-order valence-electron chi connectivity index (χ3n) is 3.00. The Morgan fingerprint density at radius 3 is 2.05 bits per heavy atom. The Hall–Kier alpha value is -2.16. The normalized spacial score (nSPS) is 12.2. The number of rotatable bonds is 5. The van der Waals surface area contributed by atoms with Crippen LogP contribution in [0.3, 0.4) is 0 Å². The van der Waals surface area contributed by atoms with Gasteiger partial charge in [0.1, 0.15) is 11.5 Å². The minimum atomic E-state index is 0.174. The van der Waals surface area contributed by atoms with E-state index in [2.05, 4.69) is 12.2 Å². The summed E-state index contributed by atoms with van der Waals surface area (Å²) in [6.07, 6.45) is 0.185. The number of nitrogens with one attached hydrogen (secondary N) is 1. The predicted molar refractivity (Wildman–Crippen MR) is 82.4 cm³/mol. The highest BCUT2D eigenvalue weighted by Gasteiger charge is 2.05. The molecule has 1 unspecified atom stereocenters. The van der Waals surface area contributed by atoms with Crippen LogP contribution in [0.4, 0.5) is 5.69 Å². The van der Waals surface area contributed by atoms with Crippen LogP contribution in [-0.2, 0) is 0 Å². The quantitative estimate of drug-likeness (QED) is 0.849. The van der Waals surface area contributed by atoms with E-state index in [1.165, 1.54) is 0 Å². The van der Waals surface area contributed by atoms with Crippen LogP contribution >= 0.6 is 0 Å². The minimum Gasteiger partial charge on any atom is -0.508 e. The number of benzene rings is 2. The zero-order valence-corrected chi connectivity index (χ0v) is 12.1. The van der Waals surface area contributed by atoms with Gasteiger partial charge in [-0.1, -0.05) is 12.1 Å². The lowest BCUT2D eigenvalue weighted by atomic mass is 10.1. The molecule has 0 saturated carbocycles. The van der Waals surface area contributed by atoms with Crippen LogP contribution < -0.4 is 10.1 Å². The molecule has 20 heavy (non-hydrogen) atoms. The van der Waals surface area contributed by atoms with Gasteiger partial charge in [-0.15, -0.1) is 0 Å². The molecule has 0 aliphatic rings. The van der Waals surface area contributed by atoms with Crippen LogP contribution in [0, 0.1) is 0 Å². The fourth-order valence-corrected chi connectivity index (χ4v) is 2.00. The maximum Gasteiger partial charge on any atom is 0.119 e. The van der Waals surface area contributed by atoms with Gasteiger partial charge in [0.25, 0.3) is 0 Å². The van der Waals surface area contributed by atoms with Gasteiger partial charge in [0.15, 0.2) is 0 Å². The molecular formula is C17H21NO2. The van der Waals surface area contributed by atoms with E-state index in [1.807, 2.05) is 50.2 Å². The molecule has 0 aliphatic carbocycles. The molecule has 0 heterocycles. The number of ether oxygens (including phenoxy) is 1. The van der Waals surface area contributed by atoms with Gasteiger partial charge in [-0.3, -0.25) is 0 Å². The highest BCUT2D eigenvalue weighted by molar-refractivity contribution is 5.48. The third kappa shape index (κ3) is 3.92. The molecule has 0 aromatic heterocycles. The Labute approximate surface area is 120 Å². The van der Waals surface area contributed by atoms with E-state index < -0.39 is 0 Å².